The van der Waals surface area contributed by atoms with Crippen LogP contribution in [0.2, 0.25) is 0 Å². The Balaban J connectivity index is 3.51. The second-order valence-corrected chi connectivity index (χ2v) is 6.61. The van der Waals surface area contributed by atoms with Crippen LogP contribution in [-0.2, 0) is 14.3 Å². The van der Waals surface area contributed by atoms with E-state index < -0.39 is 18.0 Å². The highest BCUT2D eigenvalue weighted by Crippen LogP contribution is 2.11. The smallest absolute Gasteiger partial charge is 0.330 e. The number of rotatable bonds is 13. The third kappa shape index (κ3) is 12.8. The standard InChI is InChI=1S/C18H35NO3/c1-4-5-6-7-8-9-10-11-12-13-17(20)22-18(21)16(19)14-15(2)3/h15-16H,4-14,19H2,1-3H3/t16-/m1/s1. The van der Waals surface area contributed by atoms with E-state index in [-0.39, 0.29) is 0 Å². The molecule has 0 aromatic heterocycles. The maximum Gasteiger partial charge on any atom is 0.330 e. The van der Waals surface area contributed by atoms with E-state index in [1.165, 1.54) is 38.5 Å². The first-order valence-electron chi connectivity index (χ1n) is 8.97. The molecule has 130 valence electrons. The zero-order valence-electron chi connectivity index (χ0n) is 14.7. The first-order chi connectivity index (χ1) is 10.5. The normalized spacial score (nSPS) is 12.4. The second kappa shape index (κ2) is 13.7. The zero-order valence-corrected chi connectivity index (χ0v) is 14.7. The molecule has 0 aliphatic rings. The van der Waals surface area contributed by atoms with Crippen molar-refractivity contribution in [1.82, 2.24) is 0 Å². The molecule has 0 aliphatic heterocycles. The number of unbranched alkanes of at least 4 members (excludes halogenated alkanes) is 8. The van der Waals surface area contributed by atoms with Crippen LogP contribution in [0.4, 0.5) is 0 Å². The molecule has 0 rings (SSSR count). The zero-order chi connectivity index (χ0) is 16.8. The molecule has 0 aromatic carbocycles. The fourth-order valence-corrected chi connectivity index (χ4v) is 2.42. The van der Waals surface area contributed by atoms with E-state index in [0.29, 0.717) is 18.8 Å². The topological polar surface area (TPSA) is 69.4 Å². The predicted molar refractivity (Wildman–Crippen MR) is 90.4 cm³/mol. The molecule has 0 heterocycles. The van der Waals surface area contributed by atoms with Crippen molar-refractivity contribution in [2.45, 2.75) is 97.4 Å². The molecular formula is C18H35NO3. The second-order valence-electron chi connectivity index (χ2n) is 6.61. The summed E-state index contributed by atoms with van der Waals surface area (Å²) in [4.78, 5) is 23.1. The first kappa shape index (κ1) is 21.1. The lowest BCUT2D eigenvalue weighted by Crippen LogP contribution is -2.34. The highest BCUT2D eigenvalue weighted by atomic mass is 16.6. The van der Waals surface area contributed by atoms with Gasteiger partial charge >= 0.3 is 11.9 Å². The Morgan fingerprint density at radius 3 is 1.91 bits per heavy atom. The number of esters is 2. The van der Waals surface area contributed by atoms with Crippen molar-refractivity contribution in [3.8, 4) is 0 Å². The van der Waals surface area contributed by atoms with Crippen molar-refractivity contribution in [2.24, 2.45) is 11.7 Å². The van der Waals surface area contributed by atoms with E-state index in [4.69, 9.17) is 10.5 Å². The van der Waals surface area contributed by atoms with Crippen LogP contribution >= 0.6 is 0 Å². The molecule has 0 saturated carbocycles. The SMILES string of the molecule is CCCCCCCCCCCC(=O)OC(=O)[C@H](N)CC(C)C. The highest BCUT2D eigenvalue weighted by molar-refractivity contribution is 5.88. The monoisotopic (exact) mass is 313 g/mol. The van der Waals surface area contributed by atoms with Crippen LogP contribution in [0.5, 0.6) is 0 Å². The molecule has 4 heteroatoms. The molecule has 0 saturated heterocycles. The number of nitrogens with two attached hydrogens (primary N) is 1. The fourth-order valence-electron chi connectivity index (χ4n) is 2.42. The van der Waals surface area contributed by atoms with Gasteiger partial charge in [0.25, 0.3) is 0 Å². The number of hydrogen-bond acceptors (Lipinski definition) is 4. The van der Waals surface area contributed by atoms with Gasteiger partial charge in [-0.15, -0.1) is 0 Å². The van der Waals surface area contributed by atoms with Gasteiger partial charge in [0.05, 0.1) is 0 Å². The minimum absolute atomic E-state index is 0.315. The predicted octanol–water partition coefficient (Wildman–Crippen LogP) is 4.35. The first-order valence-corrected chi connectivity index (χ1v) is 8.97. The van der Waals surface area contributed by atoms with E-state index in [9.17, 15) is 9.59 Å². The number of carbonyl (C=O) groups excluding carboxylic acids is 2. The Labute approximate surface area is 136 Å². The molecule has 4 nitrogen and oxygen atoms in total. The lowest BCUT2D eigenvalue weighted by Gasteiger charge is -2.12. The van der Waals surface area contributed by atoms with Gasteiger partial charge in [-0.25, -0.2) is 4.79 Å². The average molecular weight is 313 g/mol. The summed E-state index contributed by atoms with van der Waals surface area (Å²) in [5.74, 6) is -0.711. The van der Waals surface area contributed by atoms with Gasteiger partial charge in [-0.2, -0.15) is 0 Å². The molecule has 0 amide bonds. The molecular weight excluding hydrogens is 278 g/mol. The van der Waals surface area contributed by atoms with Gasteiger partial charge in [0.2, 0.25) is 0 Å². The van der Waals surface area contributed by atoms with Crippen LogP contribution in [0, 0.1) is 5.92 Å². The van der Waals surface area contributed by atoms with Gasteiger partial charge in [-0.3, -0.25) is 4.79 Å². The van der Waals surface area contributed by atoms with E-state index in [0.717, 1.165) is 19.3 Å². The molecule has 0 aromatic rings. The third-order valence-electron chi connectivity index (χ3n) is 3.73. The number of ether oxygens (including phenoxy) is 1. The Hall–Kier alpha value is -0.900. The molecule has 22 heavy (non-hydrogen) atoms. The van der Waals surface area contributed by atoms with Gasteiger partial charge in [-0.1, -0.05) is 72.1 Å². The van der Waals surface area contributed by atoms with Crippen molar-refractivity contribution in [1.29, 1.82) is 0 Å². The summed E-state index contributed by atoms with van der Waals surface area (Å²) in [6, 6.07) is -0.688. The molecule has 2 N–H and O–H groups in total. The molecule has 0 aliphatic carbocycles. The Morgan fingerprint density at radius 2 is 1.41 bits per heavy atom. The van der Waals surface area contributed by atoms with Crippen molar-refractivity contribution >= 4 is 11.9 Å². The molecule has 0 fully saturated rings. The summed E-state index contributed by atoms with van der Waals surface area (Å²) in [5.41, 5.74) is 5.68. The number of carbonyl (C=O) groups is 2. The van der Waals surface area contributed by atoms with Gasteiger partial charge < -0.3 is 10.5 Å². The van der Waals surface area contributed by atoms with E-state index in [2.05, 4.69) is 6.92 Å². The maximum absolute atomic E-state index is 11.6. The van der Waals surface area contributed by atoms with E-state index in [1.807, 2.05) is 13.8 Å². The fraction of sp³-hybridized carbons (Fsp3) is 0.889. The van der Waals surface area contributed by atoms with Crippen LogP contribution in [-0.4, -0.2) is 18.0 Å². The number of hydrogen-bond donors (Lipinski definition) is 1. The largest absolute Gasteiger partial charge is 0.392 e. The van der Waals surface area contributed by atoms with Crippen LogP contribution in [0.1, 0.15) is 91.4 Å². The molecule has 1 atom stereocenters. The van der Waals surface area contributed by atoms with Gasteiger partial charge in [0, 0.05) is 6.42 Å². The molecule has 0 bridgehead atoms. The summed E-state index contributed by atoms with van der Waals surface area (Å²) in [5, 5.41) is 0. The molecule has 0 unspecified atom stereocenters. The molecule has 0 radical (unpaired) electrons. The summed E-state index contributed by atoms with van der Waals surface area (Å²) in [7, 11) is 0. The third-order valence-corrected chi connectivity index (χ3v) is 3.73. The Kier molecular flexibility index (Phi) is 13.2. The Morgan fingerprint density at radius 1 is 0.909 bits per heavy atom. The average Bonchev–Trinajstić information content (AvgIpc) is 2.44. The van der Waals surface area contributed by atoms with Crippen LogP contribution in [0.15, 0.2) is 0 Å². The van der Waals surface area contributed by atoms with Crippen molar-refractivity contribution in [3.63, 3.8) is 0 Å². The maximum atomic E-state index is 11.6. The van der Waals surface area contributed by atoms with Crippen LogP contribution < -0.4 is 5.73 Å². The minimum Gasteiger partial charge on any atom is -0.392 e. The Bertz CT molecular complexity index is 303. The highest BCUT2D eigenvalue weighted by Gasteiger charge is 2.19. The van der Waals surface area contributed by atoms with E-state index in [1.54, 1.807) is 0 Å². The van der Waals surface area contributed by atoms with Crippen molar-refractivity contribution in [3.05, 3.63) is 0 Å². The quantitative estimate of drug-likeness (QED) is 0.312. The lowest BCUT2D eigenvalue weighted by atomic mass is 10.0. The van der Waals surface area contributed by atoms with Gasteiger partial charge in [0.15, 0.2) is 0 Å². The van der Waals surface area contributed by atoms with Crippen molar-refractivity contribution in [2.75, 3.05) is 0 Å². The van der Waals surface area contributed by atoms with Crippen LogP contribution in [0.25, 0.3) is 0 Å². The van der Waals surface area contributed by atoms with Gasteiger partial charge in [0.1, 0.15) is 6.04 Å². The van der Waals surface area contributed by atoms with E-state index >= 15 is 0 Å². The summed E-state index contributed by atoms with van der Waals surface area (Å²) >= 11 is 0. The summed E-state index contributed by atoms with van der Waals surface area (Å²) < 4.78 is 4.78. The van der Waals surface area contributed by atoms with Crippen molar-refractivity contribution < 1.29 is 14.3 Å². The minimum atomic E-state index is -0.688. The molecule has 0 spiro atoms. The summed E-state index contributed by atoms with van der Waals surface area (Å²) in [6.07, 6.45) is 11.6. The van der Waals surface area contributed by atoms with Gasteiger partial charge in [-0.05, 0) is 18.8 Å². The summed E-state index contributed by atoms with van der Waals surface area (Å²) in [6.45, 7) is 6.19. The lowest BCUT2D eigenvalue weighted by molar-refractivity contribution is -0.160. The van der Waals surface area contributed by atoms with Crippen LogP contribution in [0.3, 0.4) is 0 Å².